The number of hydrogen-bond acceptors (Lipinski definition) is 2. The first-order valence-corrected chi connectivity index (χ1v) is 4.71. The number of carbonyl (C=O) groups excluding carboxylic acids is 1. The summed E-state index contributed by atoms with van der Waals surface area (Å²) in [6.45, 7) is 4.45. The molecule has 1 aromatic rings. The fourth-order valence-corrected chi connectivity index (χ4v) is 1.20. The number of rotatable bonds is 4. The first-order chi connectivity index (χ1) is 6.59. The number of nitrogens with two attached hydrogens (primary N) is 1. The van der Waals surface area contributed by atoms with E-state index in [0.717, 1.165) is 5.69 Å². The Morgan fingerprint density at radius 2 is 2.21 bits per heavy atom. The van der Waals surface area contributed by atoms with Gasteiger partial charge in [0.25, 0.3) is 0 Å². The lowest BCUT2D eigenvalue weighted by Gasteiger charge is -2.08. The van der Waals surface area contributed by atoms with E-state index in [4.69, 9.17) is 5.73 Å². The van der Waals surface area contributed by atoms with E-state index < -0.39 is 0 Å². The fraction of sp³-hybridized carbons (Fsp3) is 0.364. The van der Waals surface area contributed by atoms with Gasteiger partial charge in [-0.3, -0.25) is 4.79 Å². The third kappa shape index (κ3) is 3.09. The Morgan fingerprint density at radius 1 is 1.50 bits per heavy atom. The Morgan fingerprint density at radius 3 is 2.79 bits per heavy atom. The van der Waals surface area contributed by atoms with E-state index in [0.29, 0.717) is 5.92 Å². The zero-order valence-electron chi connectivity index (χ0n) is 8.58. The average molecular weight is 192 g/mol. The lowest BCUT2D eigenvalue weighted by molar-refractivity contribution is -0.116. The van der Waals surface area contributed by atoms with Gasteiger partial charge in [0.15, 0.2) is 0 Å². The summed E-state index contributed by atoms with van der Waals surface area (Å²) >= 11 is 0. The molecule has 0 saturated heterocycles. The third-order valence-electron chi connectivity index (χ3n) is 2.02. The van der Waals surface area contributed by atoms with Gasteiger partial charge < -0.3 is 11.1 Å². The van der Waals surface area contributed by atoms with Gasteiger partial charge in [-0.15, -0.1) is 0 Å². The van der Waals surface area contributed by atoms with Crippen LogP contribution in [0.2, 0.25) is 0 Å². The summed E-state index contributed by atoms with van der Waals surface area (Å²) < 4.78 is 0. The van der Waals surface area contributed by atoms with Crippen molar-refractivity contribution in [2.45, 2.75) is 19.8 Å². The lowest BCUT2D eigenvalue weighted by Crippen LogP contribution is -2.21. The molecule has 0 heterocycles. The summed E-state index contributed by atoms with van der Waals surface area (Å²) in [7, 11) is 0. The molecule has 0 aliphatic carbocycles. The van der Waals surface area contributed by atoms with Crippen LogP contribution in [0.3, 0.4) is 0 Å². The molecule has 1 rings (SSSR count). The molecule has 3 nitrogen and oxygen atoms in total. The van der Waals surface area contributed by atoms with Gasteiger partial charge in [-0.1, -0.05) is 26.0 Å². The molecule has 3 N–H and O–H groups in total. The van der Waals surface area contributed by atoms with Crippen LogP contribution in [0.4, 0.5) is 5.69 Å². The Hall–Kier alpha value is -1.51. The maximum absolute atomic E-state index is 10.6. The van der Waals surface area contributed by atoms with Crippen molar-refractivity contribution in [2.24, 2.45) is 5.73 Å². The zero-order chi connectivity index (χ0) is 10.6. The van der Waals surface area contributed by atoms with Gasteiger partial charge in [0.05, 0.1) is 6.54 Å². The van der Waals surface area contributed by atoms with Gasteiger partial charge in [-0.25, -0.2) is 0 Å². The molecule has 1 amide bonds. The molecular formula is C11H16N2O. The monoisotopic (exact) mass is 192 g/mol. The Labute approximate surface area is 84.3 Å². The van der Waals surface area contributed by atoms with Crippen molar-refractivity contribution in [3.63, 3.8) is 0 Å². The molecule has 0 unspecified atom stereocenters. The van der Waals surface area contributed by atoms with Crippen LogP contribution >= 0.6 is 0 Å². The van der Waals surface area contributed by atoms with Crippen LogP contribution < -0.4 is 11.1 Å². The van der Waals surface area contributed by atoms with E-state index in [1.165, 1.54) is 5.56 Å². The minimum Gasteiger partial charge on any atom is -0.376 e. The van der Waals surface area contributed by atoms with Gasteiger partial charge in [0, 0.05) is 5.69 Å². The van der Waals surface area contributed by atoms with Crippen LogP contribution in [0, 0.1) is 0 Å². The normalized spacial score (nSPS) is 10.2. The fourth-order valence-electron chi connectivity index (χ4n) is 1.20. The summed E-state index contributed by atoms with van der Waals surface area (Å²) in [5.74, 6) is 0.144. The summed E-state index contributed by atoms with van der Waals surface area (Å²) in [5, 5.41) is 2.96. The van der Waals surface area contributed by atoms with E-state index in [9.17, 15) is 4.79 Å². The highest BCUT2D eigenvalue weighted by Gasteiger charge is 2.00. The Kier molecular flexibility index (Phi) is 3.51. The van der Waals surface area contributed by atoms with E-state index >= 15 is 0 Å². The van der Waals surface area contributed by atoms with E-state index in [1.54, 1.807) is 0 Å². The SMILES string of the molecule is CC(C)c1cccc(NCC(N)=O)c1. The van der Waals surface area contributed by atoms with E-state index in [-0.39, 0.29) is 12.5 Å². The van der Waals surface area contributed by atoms with Crippen molar-refractivity contribution in [3.05, 3.63) is 29.8 Å². The number of hydrogen-bond donors (Lipinski definition) is 2. The maximum Gasteiger partial charge on any atom is 0.236 e. The van der Waals surface area contributed by atoms with E-state index in [1.807, 2.05) is 18.2 Å². The molecule has 1 aromatic carbocycles. The van der Waals surface area contributed by atoms with Crippen LogP contribution in [0.5, 0.6) is 0 Å². The van der Waals surface area contributed by atoms with Crippen LogP contribution in [0.1, 0.15) is 25.3 Å². The summed E-state index contributed by atoms with van der Waals surface area (Å²) in [6.07, 6.45) is 0. The molecule has 0 bridgehead atoms. The van der Waals surface area contributed by atoms with Crippen LogP contribution in [-0.2, 0) is 4.79 Å². The smallest absolute Gasteiger partial charge is 0.236 e. The molecule has 0 radical (unpaired) electrons. The Balaban J connectivity index is 2.68. The maximum atomic E-state index is 10.6. The van der Waals surface area contributed by atoms with Crippen molar-refractivity contribution in [1.82, 2.24) is 0 Å². The highest BCUT2D eigenvalue weighted by Crippen LogP contribution is 2.18. The van der Waals surface area contributed by atoms with Crippen molar-refractivity contribution < 1.29 is 4.79 Å². The molecule has 3 heteroatoms. The van der Waals surface area contributed by atoms with Gasteiger partial charge in [-0.05, 0) is 23.6 Å². The first-order valence-electron chi connectivity index (χ1n) is 4.71. The molecule has 0 aliphatic heterocycles. The van der Waals surface area contributed by atoms with Crippen molar-refractivity contribution in [1.29, 1.82) is 0 Å². The van der Waals surface area contributed by atoms with Crippen molar-refractivity contribution >= 4 is 11.6 Å². The van der Waals surface area contributed by atoms with E-state index in [2.05, 4.69) is 25.2 Å². The highest BCUT2D eigenvalue weighted by molar-refractivity contribution is 5.78. The second-order valence-electron chi connectivity index (χ2n) is 3.60. The molecule has 76 valence electrons. The lowest BCUT2D eigenvalue weighted by atomic mass is 10.0. The largest absolute Gasteiger partial charge is 0.376 e. The number of nitrogens with one attached hydrogen (secondary N) is 1. The number of primary amides is 1. The third-order valence-corrected chi connectivity index (χ3v) is 2.02. The Bertz CT molecular complexity index is 321. The number of carbonyl (C=O) groups is 1. The number of amides is 1. The van der Waals surface area contributed by atoms with Crippen LogP contribution in [0.15, 0.2) is 24.3 Å². The highest BCUT2D eigenvalue weighted by atomic mass is 16.1. The second kappa shape index (κ2) is 4.65. The molecule has 0 aliphatic rings. The van der Waals surface area contributed by atoms with Crippen LogP contribution in [-0.4, -0.2) is 12.5 Å². The molecule has 0 atom stereocenters. The summed E-state index contributed by atoms with van der Waals surface area (Å²) in [5.41, 5.74) is 7.23. The minimum absolute atomic E-state index is 0.182. The summed E-state index contributed by atoms with van der Waals surface area (Å²) in [4.78, 5) is 10.6. The average Bonchev–Trinajstić information content (AvgIpc) is 2.15. The molecule has 14 heavy (non-hydrogen) atoms. The number of anilines is 1. The second-order valence-corrected chi connectivity index (χ2v) is 3.60. The standard InChI is InChI=1S/C11H16N2O/c1-8(2)9-4-3-5-10(6-9)13-7-11(12)14/h3-6,8,13H,7H2,1-2H3,(H2,12,14). The predicted molar refractivity (Wildman–Crippen MR) is 58.2 cm³/mol. The zero-order valence-corrected chi connectivity index (χ0v) is 8.58. The number of benzene rings is 1. The first kappa shape index (κ1) is 10.6. The summed E-state index contributed by atoms with van der Waals surface area (Å²) in [6, 6.07) is 8.00. The predicted octanol–water partition coefficient (Wildman–Crippen LogP) is 1.71. The molecular weight excluding hydrogens is 176 g/mol. The molecule has 0 saturated carbocycles. The van der Waals surface area contributed by atoms with Crippen molar-refractivity contribution in [2.75, 3.05) is 11.9 Å². The molecule has 0 aromatic heterocycles. The minimum atomic E-state index is -0.347. The molecule has 0 spiro atoms. The van der Waals surface area contributed by atoms with Crippen LogP contribution in [0.25, 0.3) is 0 Å². The van der Waals surface area contributed by atoms with Gasteiger partial charge in [0.1, 0.15) is 0 Å². The quantitative estimate of drug-likeness (QED) is 0.763. The van der Waals surface area contributed by atoms with Gasteiger partial charge >= 0.3 is 0 Å². The van der Waals surface area contributed by atoms with Gasteiger partial charge in [0.2, 0.25) is 5.91 Å². The van der Waals surface area contributed by atoms with Gasteiger partial charge in [-0.2, -0.15) is 0 Å². The topological polar surface area (TPSA) is 55.1 Å². The van der Waals surface area contributed by atoms with Crippen molar-refractivity contribution in [3.8, 4) is 0 Å². The molecule has 0 fully saturated rings.